The second-order valence-corrected chi connectivity index (χ2v) is 6.85. The van der Waals surface area contributed by atoms with Crippen molar-refractivity contribution in [3.05, 3.63) is 11.4 Å². The molecule has 1 fully saturated rings. The van der Waals surface area contributed by atoms with Crippen LogP contribution in [0.25, 0.3) is 0 Å². The Balaban J connectivity index is 2.39. The molecular formula is C12H22N4O2S. The van der Waals surface area contributed by atoms with E-state index in [-0.39, 0.29) is 6.04 Å². The minimum atomic E-state index is -3.47. The van der Waals surface area contributed by atoms with Crippen LogP contribution in [0.15, 0.2) is 4.90 Å². The van der Waals surface area contributed by atoms with Gasteiger partial charge in [-0.3, -0.25) is 5.10 Å². The Bertz CT molecular complexity index is 512. The predicted octanol–water partition coefficient (Wildman–Crippen LogP) is 0.789. The van der Waals surface area contributed by atoms with Crippen LogP contribution in [0.3, 0.4) is 0 Å². The Labute approximate surface area is 114 Å². The third kappa shape index (κ3) is 2.68. The number of hydrogen-bond acceptors (Lipinski definition) is 4. The predicted molar refractivity (Wildman–Crippen MR) is 73.5 cm³/mol. The van der Waals surface area contributed by atoms with E-state index in [4.69, 9.17) is 0 Å². The number of rotatable bonds is 5. The number of aromatic nitrogens is 2. The molecule has 1 aliphatic rings. The van der Waals surface area contributed by atoms with Crippen molar-refractivity contribution in [1.82, 2.24) is 19.8 Å². The molecule has 0 amide bonds. The quantitative estimate of drug-likeness (QED) is 0.839. The highest BCUT2D eigenvalue weighted by Crippen LogP contribution is 2.25. The molecule has 1 atom stereocenters. The smallest absolute Gasteiger partial charge is 0.247 e. The molecule has 2 heterocycles. The number of aromatic amines is 1. The van der Waals surface area contributed by atoms with Gasteiger partial charge in [-0.1, -0.05) is 6.92 Å². The highest BCUT2D eigenvalue weighted by molar-refractivity contribution is 7.89. The normalized spacial score (nSPS) is 20.3. The molecule has 1 saturated heterocycles. The zero-order chi connectivity index (χ0) is 14.0. The lowest BCUT2D eigenvalue weighted by Crippen LogP contribution is -2.42. The van der Waals surface area contributed by atoms with Crippen molar-refractivity contribution in [2.24, 2.45) is 0 Å². The van der Waals surface area contributed by atoms with Gasteiger partial charge in [0.25, 0.3) is 0 Å². The summed E-state index contributed by atoms with van der Waals surface area (Å²) in [6, 6.07) is 0.0543. The van der Waals surface area contributed by atoms with Gasteiger partial charge in [0.1, 0.15) is 4.90 Å². The van der Waals surface area contributed by atoms with Gasteiger partial charge >= 0.3 is 0 Å². The average molecular weight is 286 g/mol. The number of nitrogens with one attached hydrogen (secondary N) is 2. The maximum Gasteiger partial charge on any atom is 0.247 e. The van der Waals surface area contributed by atoms with Crippen LogP contribution in [0.5, 0.6) is 0 Å². The summed E-state index contributed by atoms with van der Waals surface area (Å²) in [6.07, 6.45) is 1.68. The van der Waals surface area contributed by atoms with E-state index < -0.39 is 10.0 Å². The molecule has 2 N–H and O–H groups in total. The Morgan fingerprint density at radius 3 is 2.63 bits per heavy atom. The van der Waals surface area contributed by atoms with Crippen molar-refractivity contribution in [3.8, 4) is 0 Å². The first kappa shape index (κ1) is 14.5. The van der Waals surface area contributed by atoms with Gasteiger partial charge in [-0.2, -0.15) is 9.40 Å². The highest BCUT2D eigenvalue weighted by atomic mass is 32.2. The summed E-state index contributed by atoms with van der Waals surface area (Å²) in [6.45, 7) is 7.65. The molecule has 0 radical (unpaired) electrons. The van der Waals surface area contributed by atoms with Gasteiger partial charge in [0.2, 0.25) is 10.0 Å². The minimum Gasteiger partial charge on any atom is -0.315 e. The number of nitrogens with zero attached hydrogens (tertiary/aromatic N) is 2. The lowest BCUT2D eigenvalue weighted by atomic mass is 10.2. The van der Waals surface area contributed by atoms with Gasteiger partial charge in [0, 0.05) is 19.1 Å². The van der Waals surface area contributed by atoms with Gasteiger partial charge in [-0.05, 0) is 33.2 Å². The molecule has 0 spiro atoms. The van der Waals surface area contributed by atoms with Gasteiger partial charge in [-0.25, -0.2) is 8.42 Å². The molecule has 0 aliphatic carbocycles. The van der Waals surface area contributed by atoms with Crippen LogP contribution in [-0.2, 0) is 10.0 Å². The fourth-order valence-electron chi connectivity index (χ4n) is 2.64. The minimum absolute atomic E-state index is 0.0543. The standard InChI is InChI=1S/C12H22N4O2S/c1-4-7-16(11-5-6-13-8-11)19(17,18)12-9(2)14-15-10(12)3/h11,13H,4-8H2,1-3H3,(H,14,15). The van der Waals surface area contributed by atoms with Crippen LogP contribution in [0.4, 0.5) is 0 Å². The molecule has 2 rings (SSSR count). The molecule has 1 aromatic rings. The molecule has 1 aromatic heterocycles. The van der Waals surface area contributed by atoms with Gasteiger partial charge < -0.3 is 5.32 Å². The van der Waals surface area contributed by atoms with E-state index in [1.165, 1.54) is 0 Å². The van der Waals surface area contributed by atoms with E-state index in [9.17, 15) is 8.42 Å². The third-order valence-electron chi connectivity index (χ3n) is 3.51. The molecule has 108 valence electrons. The van der Waals surface area contributed by atoms with Crippen LogP contribution in [-0.4, -0.2) is 48.6 Å². The topological polar surface area (TPSA) is 78.1 Å². The summed E-state index contributed by atoms with van der Waals surface area (Å²) in [7, 11) is -3.47. The molecular weight excluding hydrogens is 264 g/mol. The van der Waals surface area contributed by atoms with Crippen LogP contribution >= 0.6 is 0 Å². The second-order valence-electron chi connectivity index (χ2n) is 5.03. The van der Waals surface area contributed by atoms with Gasteiger partial charge in [0.15, 0.2) is 0 Å². The number of hydrogen-bond donors (Lipinski definition) is 2. The average Bonchev–Trinajstić information content (AvgIpc) is 2.96. The van der Waals surface area contributed by atoms with Crippen molar-refractivity contribution in [3.63, 3.8) is 0 Å². The van der Waals surface area contributed by atoms with Crippen LogP contribution in [0.1, 0.15) is 31.2 Å². The molecule has 19 heavy (non-hydrogen) atoms. The summed E-state index contributed by atoms with van der Waals surface area (Å²) in [5.41, 5.74) is 1.16. The van der Waals surface area contributed by atoms with Crippen molar-refractivity contribution in [2.45, 2.75) is 44.6 Å². The molecule has 0 aromatic carbocycles. The maximum absolute atomic E-state index is 12.9. The number of H-pyrrole nitrogens is 1. The summed E-state index contributed by atoms with van der Waals surface area (Å²) < 4.78 is 27.3. The Morgan fingerprint density at radius 1 is 1.42 bits per heavy atom. The van der Waals surface area contributed by atoms with E-state index in [1.54, 1.807) is 18.2 Å². The van der Waals surface area contributed by atoms with E-state index in [0.717, 1.165) is 25.9 Å². The second kappa shape index (κ2) is 5.60. The lowest BCUT2D eigenvalue weighted by molar-refractivity contribution is 0.334. The highest BCUT2D eigenvalue weighted by Gasteiger charge is 2.35. The largest absolute Gasteiger partial charge is 0.315 e. The van der Waals surface area contributed by atoms with Gasteiger partial charge in [0.05, 0.1) is 11.4 Å². The number of sulfonamides is 1. The lowest BCUT2D eigenvalue weighted by Gasteiger charge is -2.27. The first-order chi connectivity index (χ1) is 8.98. The number of aryl methyl sites for hydroxylation is 2. The molecule has 0 bridgehead atoms. The monoisotopic (exact) mass is 286 g/mol. The summed E-state index contributed by atoms with van der Waals surface area (Å²) in [5.74, 6) is 0. The fourth-order valence-corrected chi connectivity index (χ4v) is 4.72. The zero-order valence-corrected chi connectivity index (χ0v) is 12.5. The Morgan fingerprint density at radius 2 is 2.16 bits per heavy atom. The van der Waals surface area contributed by atoms with E-state index in [1.807, 2.05) is 6.92 Å². The molecule has 7 heteroatoms. The van der Waals surface area contributed by atoms with Crippen LogP contribution < -0.4 is 5.32 Å². The third-order valence-corrected chi connectivity index (χ3v) is 5.73. The van der Waals surface area contributed by atoms with Crippen molar-refractivity contribution in [2.75, 3.05) is 19.6 Å². The van der Waals surface area contributed by atoms with Crippen molar-refractivity contribution >= 4 is 10.0 Å². The summed E-state index contributed by atoms with van der Waals surface area (Å²) in [5, 5.41) is 9.99. The summed E-state index contributed by atoms with van der Waals surface area (Å²) in [4.78, 5) is 0.341. The van der Waals surface area contributed by atoms with Crippen LogP contribution in [0, 0.1) is 13.8 Å². The first-order valence-corrected chi connectivity index (χ1v) is 8.16. The van der Waals surface area contributed by atoms with Crippen molar-refractivity contribution < 1.29 is 8.42 Å². The molecule has 1 aliphatic heterocycles. The maximum atomic E-state index is 12.9. The molecule has 1 unspecified atom stereocenters. The Hall–Kier alpha value is -0.920. The van der Waals surface area contributed by atoms with Crippen LogP contribution in [0.2, 0.25) is 0 Å². The molecule has 6 nitrogen and oxygen atoms in total. The Kier molecular flexibility index (Phi) is 4.27. The van der Waals surface area contributed by atoms with Crippen molar-refractivity contribution in [1.29, 1.82) is 0 Å². The molecule has 0 saturated carbocycles. The zero-order valence-electron chi connectivity index (χ0n) is 11.7. The SMILES string of the molecule is CCCN(C1CCNC1)S(=O)(=O)c1c(C)n[nH]c1C. The van der Waals surface area contributed by atoms with E-state index >= 15 is 0 Å². The fraction of sp³-hybridized carbons (Fsp3) is 0.750. The van der Waals surface area contributed by atoms with E-state index in [0.29, 0.717) is 22.8 Å². The van der Waals surface area contributed by atoms with Gasteiger partial charge in [-0.15, -0.1) is 0 Å². The summed E-state index contributed by atoms with van der Waals surface area (Å²) >= 11 is 0. The first-order valence-electron chi connectivity index (χ1n) is 6.72. The van der Waals surface area contributed by atoms with E-state index in [2.05, 4.69) is 15.5 Å².